The summed E-state index contributed by atoms with van der Waals surface area (Å²) in [7, 11) is 4.92. The van der Waals surface area contributed by atoms with Crippen molar-refractivity contribution >= 4 is 61.1 Å². The Bertz CT molecular complexity index is 2600. The molecule has 4 N–H and O–H groups in total. The summed E-state index contributed by atoms with van der Waals surface area (Å²) >= 11 is 0. The molecule has 6 aliphatic rings. The largest absolute Gasteiger partial charge is 0.359 e. The third kappa shape index (κ3) is 13.0. The number of anilines is 4. The summed E-state index contributed by atoms with van der Waals surface area (Å²) in [5.41, 5.74) is 13.2. The minimum Gasteiger partial charge on any atom is -0.359 e. The molecule has 2 unspecified atom stereocenters. The molecule has 2 atom stereocenters. The molecule has 21 heteroatoms. The first-order chi connectivity index (χ1) is 32.8. The zero-order chi connectivity index (χ0) is 49.1. The fourth-order valence-corrected chi connectivity index (χ4v) is 13.6. The smallest absolute Gasteiger partial charge is 0.298 e. The molecule has 0 radical (unpaired) electrons. The fraction of sp³-hybridized carbons (Fsp3) is 0.667. The highest BCUT2D eigenvalue weighted by atomic mass is 35.7. The van der Waals surface area contributed by atoms with Crippen molar-refractivity contribution in [1.29, 1.82) is 0 Å². The lowest BCUT2D eigenvalue weighted by Gasteiger charge is -2.18. The molecule has 69 heavy (non-hydrogen) atoms. The first kappa shape index (κ1) is 51.9. The molecule has 0 amide bonds. The van der Waals surface area contributed by atoms with E-state index in [1.807, 2.05) is 14.1 Å². The van der Waals surface area contributed by atoms with Crippen LogP contribution in [0.25, 0.3) is 0 Å². The standard InChI is InChI=1S/C21H30N6O2S.C20H29ClN4O3SSi.C7H16N2/c1-26(2)12-14-9-10-27(13-14)30(28,29)21-23-20(24-25-21)22-19-17-7-3-5-15(17)11-16-6-4-8-18(16)19;1-30(2,3)11-10-28-13-25-19(23-20(24-25)29(21,26)27)22-18-16-8-4-6-14(16)12-15-7-5-9-17(15)18;1-9(2)6-7-3-4-8-5-7/h11,14H,3-10,12-13H2,1-2H3,(H2,22,23,24,25);12H,4-11,13H2,1-3H3,(H,22,23,24);7-8H,3-6H2,1-2H3. The Labute approximate surface area is 415 Å². The van der Waals surface area contributed by atoms with E-state index in [9.17, 15) is 16.8 Å². The average molecular weight is 1030 g/mol. The summed E-state index contributed by atoms with van der Waals surface area (Å²) in [4.78, 5) is 12.9. The van der Waals surface area contributed by atoms with Crippen molar-refractivity contribution < 1.29 is 21.6 Å². The summed E-state index contributed by atoms with van der Waals surface area (Å²) in [6, 6.07) is 5.75. The molecule has 0 bridgehead atoms. The van der Waals surface area contributed by atoms with Gasteiger partial charge in [-0.1, -0.05) is 31.8 Å². The first-order valence-corrected chi connectivity index (χ1v) is 32.5. The van der Waals surface area contributed by atoms with E-state index in [-0.39, 0.29) is 11.9 Å². The van der Waals surface area contributed by atoms with Gasteiger partial charge in [0.15, 0.2) is 0 Å². The van der Waals surface area contributed by atoms with Crippen LogP contribution in [0.2, 0.25) is 25.7 Å². The maximum Gasteiger partial charge on any atom is 0.298 e. The van der Waals surface area contributed by atoms with Gasteiger partial charge < -0.3 is 30.5 Å². The number of nitrogens with one attached hydrogen (secondary N) is 4. The van der Waals surface area contributed by atoms with Gasteiger partial charge in [-0.2, -0.15) is 14.3 Å². The van der Waals surface area contributed by atoms with E-state index >= 15 is 0 Å². The van der Waals surface area contributed by atoms with Crippen LogP contribution in [0.15, 0.2) is 22.4 Å². The molecule has 4 heterocycles. The summed E-state index contributed by atoms with van der Waals surface area (Å²) in [6.07, 6.45) is 15.4. The van der Waals surface area contributed by atoms with Crippen LogP contribution < -0.4 is 16.0 Å². The third-order valence-electron chi connectivity index (χ3n) is 14.2. The Morgan fingerprint density at radius 1 is 0.768 bits per heavy atom. The Balaban J connectivity index is 0.000000158. The third-order valence-corrected chi connectivity index (χ3v) is 18.6. The number of sulfonamides is 1. The van der Waals surface area contributed by atoms with Crippen molar-refractivity contribution in [2.45, 2.75) is 133 Å². The van der Waals surface area contributed by atoms with Gasteiger partial charge in [0.05, 0.1) is 0 Å². The van der Waals surface area contributed by atoms with E-state index in [1.165, 1.54) is 92.4 Å². The van der Waals surface area contributed by atoms with Crippen LogP contribution in [0.3, 0.4) is 0 Å². The molecule has 0 saturated carbocycles. The fourth-order valence-electron chi connectivity index (χ4n) is 10.9. The number of hydrogen-bond donors (Lipinski definition) is 4. The van der Waals surface area contributed by atoms with Crippen molar-refractivity contribution in [3.8, 4) is 0 Å². The van der Waals surface area contributed by atoms with Gasteiger partial charge in [-0.3, -0.25) is 0 Å². The molecule has 380 valence electrons. The Morgan fingerprint density at radius 2 is 1.32 bits per heavy atom. The number of nitrogens with zero attached hydrogens (tertiary/aromatic N) is 8. The van der Waals surface area contributed by atoms with Crippen LogP contribution in [-0.2, 0) is 81.9 Å². The van der Waals surface area contributed by atoms with Gasteiger partial charge in [-0.05, 0) is 194 Å². The second-order valence-corrected chi connectivity index (χ2v) is 31.5. The van der Waals surface area contributed by atoms with Crippen LogP contribution in [0.1, 0.15) is 83.0 Å². The zero-order valence-corrected chi connectivity index (χ0v) is 45.3. The van der Waals surface area contributed by atoms with Gasteiger partial charge in [0.1, 0.15) is 6.73 Å². The number of hydrogen-bond acceptors (Lipinski definition) is 14. The normalized spacial score (nSPS) is 19.9. The Morgan fingerprint density at radius 3 is 1.83 bits per heavy atom. The van der Waals surface area contributed by atoms with Crippen LogP contribution in [0.4, 0.5) is 23.3 Å². The van der Waals surface area contributed by atoms with Crippen LogP contribution in [0, 0.1) is 11.8 Å². The van der Waals surface area contributed by atoms with E-state index in [2.05, 4.69) is 96.9 Å². The molecule has 10 rings (SSSR count). The number of halogens is 1. The summed E-state index contributed by atoms with van der Waals surface area (Å²) in [6.45, 7) is 13.2. The summed E-state index contributed by atoms with van der Waals surface area (Å²) in [5, 5.41) is 20.7. The predicted octanol–water partition coefficient (Wildman–Crippen LogP) is 6.49. The molecule has 2 aromatic carbocycles. The lowest BCUT2D eigenvalue weighted by molar-refractivity contribution is 0.0792. The van der Waals surface area contributed by atoms with Gasteiger partial charge in [0, 0.05) is 62.9 Å². The van der Waals surface area contributed by atoms with E-state index < -0.39 is 32.3 Å². The lowest BCUT2D eigenvalue weighted by Crippen LogP contribution is -2.31. The number of rotatable bonds is 16. The molecule has 2 fully saturated rings. The number of aryl methyl sites for hydroxylation is 4. The van der Waals surface area contributed by atoms with Crippen molar-refractivity contribution in [2.75, 3.05) is 84.7 Å². The maximum absolute atomic E-state index is 13.1. The molecule has 17 nitrogen and oxygen atoms in total. The number of aromatic nitrogens is 6. The summed E-state index contributed by atoms with van der Waals surface area (Å²) in [5.74, 6) is 1.95. The Hall–Kier alpha value is -3.47. The highest BCUT2D eigenvalue weighted by Crippen LogP contribution is 2.41. The molecule has 2 aromatic heterocycles. The molecular formula is C48H75ClN12O5S2Si. The van der Waals surface area contributed by atoms with Crippen LogP contribution in [0.5, 0.6) is 0 Å². The number of aromatic amines is 1. The molecule has 0 spiro atoms. The molecule has 4 aromatic rings. The average Bonchev–Trinajstić information content (AvgIpc) is 4.11. The van der Waals surface area contributed by atoms with Crippen molar-refractivity contribution in [3.63, 3.8) is 0 Å². The van der Waals surface area contributed by atoms with Crippen molar-refractivity contribution in [2.24, 2.45) is 11.8 Å². The molecule has 4 aliphatic carbocycles. The van der Waals surface area contributed by atoms with E-state index in [4.69, 9.17) is 15.4 Å². The number of ether oxygens (including phenoxy) is 1. The van der Waals surface area contributed by atoms with Gasteiger partial charge >= 0.3 is 0 Å². The molecular weight excluding hydrogens is 952 g/mol. The SMILES string of the molecule is CN(C)CC1CCN(S(=O)(=O)c2nc(Nc3c4c(cc5c3CCC5)CCC4)n[nH]2)C1.CN(C)CC1CCNC1.C[Si](C)(C)CCOCn1nc(S(=O)(=O)Cl)nc1Nc1c2c(cc3c1CCC3)CCC2. The van der Waals surface area contributed by atoms with Gasteiger partial charge in [-0.25, -0.2) is 26.6 Å². The zero-order valence-electron chi connectivity index (χ0n) is 41.9. The first-order valence-electron chi connectivity index (χ1n) is 25.1. The van der Waals surface area contributed by atoms with Crippen molar-refractivity contribution in [3.05, 3.63) is 56.6 Å². The number of benzene rings is 2. The quantitative estimate of drug-likeness (QED) is 0.0540. The van der Waals surface area contributed by atoms with E-state index in [0.717, 1.165) is 101 Å². The highest BCUT2D eigenvalue weighted by molar-refractivity contribution is 8.13. The van der Waals surface area contributed by atoms with Gasteiger partial charge in [0.25, 0.3) is 29.4 Å². The van der Waals surface area contributed by atoms with Crippen LogP contribution in [-0.4, -0.2) is 143 Å². The number of H-pyrrole nitrogens is 1. The minimum absolute atomic E-state index is 0.0697. The van der Waals surface area contributed by atoms with Gasteiger partial charge in [-0.15, -0.1) is 10.2 Å². The molecule has 2 aliphatic heterocycles. The number of fused-ring (bicyclic) bond motifs is 4. The predicted molar refractivity (Wildman–Crippen MR) is 276 cm³/mol. The lowest BCUT2D eigenvalue weighted by atomic mass is 9.99. The Kier molecular flexibility index (Phi) is 16.6. The highest BCUT2D eigenvalue weighted by Gasteiger charge is 2.36. The van der Waals surface area contributed by atoms with E-state index in [0.29, 0.717) is 37.5 Å². The van der Waals surface area contributed by atoms with Crippen LogP contribution >= 0.6 is 10.7 Å². The molecule has 2 saturated heterocycles. The van der Waals surface area contributed by atoms with Gasteiger partial charge in [0.2, 0.25) is 11.9 Å². The maximum atomic E-state index is 13.1. The summed E-state index contributed by atoms with van der Waals surface area (Å²) < 4.78 is 58.6. The minimum atomic E-state index is -4.03. The van der Waals surface area contributed by atoms with Crippen molar-refractivity contribution in [1.82, 2.24) is 49.4 Å². The monoisotopic (exact) mass is 1030 g/mol. The second-order valence-electron chi connectivity index (χ2n) is 21.6. The van der Waals surface area contributed by atoms with E-state index in [1.54, 1.807) is 0 Å². The topological polar surface area (TPSA) is 196 Å². The second kappa shape index (κ2) is 22.1.